The Balaban J connectivity index is 1.35. The number of hydrogen-bond donors (Lipinski definition) is 2. The van der Waals surface area contributed by atoms with Crippen molar-refractivity contribution in [3.8, 4) is 22.5 Å². The van der Waals surface area contributed by atoms with E-state index in [9.17, 15) is 9.90 Å². The second kappa shape index (κ2) is 9.85. The first-order chi connectivity index (χ1) is 16.7. The van der Waals surface area contributed by atoms with Gasteiger partial charge in [-0.05, 0) is 59.3 Å². The summed E-state index contributed by atoms with van der Waals surface area (Å²) in [5.41, 5.74) is 6.29. The maximum atomic E-state index is 11.8. The maximum Gasteiger partial charge on any atom is 0.336 e. The molecule has 6 nitrogen and oxygen atoms in total. The molecule has 0 fully saturated rings. The average molecular weight is 452 g/mol. The van der Waals surface area contributed by atoms with Gasteiger partial charge < -0.3 is 14.9 Å². The standard InChI is InChI=1S/C28H25N3O3/c32-28(33)24-12-11-23(18-25(24)21-14-16-29-17-15-21)20-7-9-22(10-8-20)27-30-26(34-31-27)13-6-19-4-2-1-3-5-19/h1-5,7-12,14,18,29H,6,13,15-17H2,(H,32,33). The average Bonchev–Trinajstić information content (AvgIpc) is 3.37. The van der Waals surface area contributed by atoms with Gasteiger partial charge in [-0.15, -0.1) is 0 Å². The Morgan fingerprint density at radius 1 is 0.941 bits per heavy atom. The van der Waals surface area contributed by atoms with E-state index < -0.39 is 5.97 Å². The van der Waals surface area contributed by atoms with Crippen molar-refractivity contribution in [3.63, 3.8) is 0 Å². The van der Waals surface area contributed by atoms with Crippen LogP contribution in [0.1, 0.15) is 33.8 Å². The van der Waals surface area contributed by atoms with E-state index in [1.807, 2.05) is 54.6 Å². The van der Waals surface area contributed by atoms with Crippen molar-refractivity contribution in [3.05, 3.63) is 101 Å². The first-order valence-electron chi connectivity index (χ1n) is 11.4. The van der Waals surface area contributed by atoms with Crippen LogP contribution in [0, 0.1) is 0 Å². The molecule has 4 aromatic rings. The van der Waals surface area contributed by atoms with Crippen molar-refractivity contribution in [2.45, 2.75) is 19.3 Å². The second-order valence-corrected chi connectivity index (χ2v) is 8.32. The number of aromatic nitrogens is 2. The van der Waals surface area contributed by atoms with Crippen LogP contribution in [-0.2, 0) is 12.8 Å². The topological polar surface area (TPSA) is 88.2 Å². The Morgan fingerprint density at radius 2 is 1.71 bits per heavy atom. The minimum absolute atomic E-state index is 0.336. The monoisotopic (exact) mass is 451 g/mol. The molecule has 0 bridgehead atoms. The van der Waals surface area contributed by atoms with Gasteiger partial charge in [-0.3, -0.25) is 0 Å². The van der Waals surface area contributed by atoms with Crippen LogP contribution >= 0.6 is 0 Å². The second-order valence-electron chi connectivity index (χ2n) is 8.32. The summed E-state index contributed by atoms with van der Waals surface area (Å²) in [5, 5.41) is 17.1. The predicted molar refractivity (Wildman–Crippen MR) is 131 cm³/mol. The summed E-state index contributed by atoms with van der Waals surface area (Å²) in [7, 11) is 0. The summed E-state index contributed by atoms with van der Waals surface area (Å²) >= 11 is 0. The zero-order valence-corrected chi connectivity index (χ0v) is 18.7. The molecule has 0 radical (unpaired) electrons. The molecule has 6 heteroatoms. The minimum atomic E-state index is -0.906. The molecular weight excluding hydrogens is 426 g/mol. The highest BCUT2D eigenvalue weighted by Crippen LogP contribution is 2.30. The molecule has 0 spiro atoms. The zero-order chi connectivity index (χ0) is 23.3. The molecule has 1 aliphatic heterocycles. The van der Waals surface area contributed by atoms with Crippen LogP contribution in [0.15, 0.2) is 83.4 Å². The molecule has 0 saturated heterocycles. The molecule has 0 saturated carbocycles. The van der Waals surface area contributed by atoms with Crippen LogP contribution in [0.25, 0.3) is 28.1 Å². The quantitative estimate of drug-likeness (QED) is 0.398. The molecule has 5 rings (SSSR count). The largest absolute Gasteiger partial charge is 0.478 e. The van der Waals surface area contributed by atoms with E-state index in [4.69, 9.17) is 4.52 Å². The number of hydrogen-bond acceptors (Lipinski definition) is 5. The lowest BCUT2D eigenvalue weighted by molar-refractivity contribution is 0.0696. The van der Waals surface area contributed by atoms with Crippen LogP contribution in [0.2, 0.25) is 0 Å². The van der Waals surface area contributed by atoms with Crippen LogP contribution < -0.4 is 5.32 Å². The van der Waals surface area contributed by atoms with Crippen molar-refractivity contribution >= 4 is 11.5 Å². The van der Waals surface area contributed by atoms with E-state index in [2.05, 4.69) is 33.7 Å². The number of rotatable bonds is 7. The number of carbonyl (C=O) groups is 1. The molecule has 3 aromatic carbocycles. The Labute approximate surface area is 198 Å². The third kappa shape index (κ3) is 4.82. The third-order valence-corrected chi connectivity index (χ3v) is 6.07. The summed E-state index contributed by atoms with van der Waals surface area (Å²) in [5.74, 6) is 0.278. The lowest BCUT2D eigenvalue weighted by Crippen LogP contribution is -2.20. The number of aromatic carboxylic acids is 1. The SMILES string of the molecule is O=C(O)c1ccc(-c2ccc(-c3noc(CCc4ccccc4)n3)cc2)cc1C1=CCNCC1. The Morgan fingerprint density at radius 3 is 2.44 bits per heavy atom. The lowest BCUT2D eigenvalue weighted by Gasteiger charge is -2.17. The van der Waals surface area contributed by atoms with Crippen molar-refractivity contribution in [2.75, 3.05) is 13.1 Å². The molecule has 1 aliphatic rings. The van der Waals surface area contributed by atoms with Crippen LogP contribution in [0.5, 0.6) is 0 Å². The first-order valence-corrected chi connectivity index (χ1v) is 11.4. The van der Waals surface area contributed by atoms with Crippen molar-refractivity contribution in [1.29, 1.82) is 0 Å². The fourth-order valence-electron chi connectivity index (χ4n) is 4.22. The smallest absolute Gasteiger partial charge is 0.336 e. The molecule has 0 amide bonds. The van der Waals surface area contributed by atoms with Gasteiger partial charge in [0.2, 0.25) is 11.7 Å². The van der Waals surface area contributed by atoms with E-state index >= 15 is 0 Å². The fourth-order valence-corrected chi connectivity index (χ4v) is 4.22. The normalized spacial score (nSPS) is 13.5. The molecule has 0 atom stereocenters. The number of benzene rings is 3. The molecule has 1 aromatic heterocycles. The molecule has 170 valence electrons. The van der Waals surface area contributed by atoms with Gasteiger partial charge in [-0.25, -0.2) is 4.79 Å². The van der Waals surface area contributed by atoms with E-state index in [0.29, 0.717) is 23.7 Å². The lowest BCUT2D eigenvalue weighted by atomic mass is 9.91. The molecule has 0 unspecified atom stereocenters. The van der Waals surface area contributed by atoms with Crippen molar-refractivity contribution in [1.82, 2.24) is 15.5 Å². The van der Waals surface area contributed by atoms with Crippen LogP contribution in [0.4, 0.5) is 0 Å². The van der Waals surface area contributed by atoms with Gasteiger partial charge >= 0.3 is 5.97 Å². The van der Waals surface area contributed by atoms with Gasteiger partial charge in [0.1, 0.15) is 0 Å². The molecule has 34 heavy (non-hydrogen) atoms. The van der Waals surface area contributed by atoms with Gasteiger partial charge in [0.05, 0.1) is 5.56 Å². The van der Waals surface area contributed by atoms with Crippen molar-refractivity contribution < 1.29 is 14.4 Å². The zero-order valence-electron chi connectivity index (χ0n) is 18.7. The summed E-state index contributed by atoms with van der Waals surface area (Å²) in [6.45, 7) is 1.60. The number of aryl methyl sites for hydroxylation is 2. The molecular formula is C28H25N3O3. The van der Waals surface area contributed by atoms with Gasteiger partial charge in [0.25, 0.3) is 0 Å². The van der Waals surface area contributed by atoms with E-state index in [1.54, 1.807) is 6.07 Å². The van der Waals surface area contributed by atoms with Crippen LogP contribution in [0.3, 0.4) is 0 Å². The van der Waals surface area contributed by atoms with E-state index in [-0.39, 0.29) is 0 Å². The Bertz CT molecular complexity index is 1320. The summed E-state index contributed by atoms with van der Waals surface area (Å²) in [6.07, 6.45) is 4.43. The molecule has 0 aliphatic carbocycles. The number of nitrogens with zero attached hydrogens (tertiary/aromatic N) is 2. The van der Waals surface area contributed by atoms with Gasteiger partial charge in [0.15, 0.2) is 0 Å². The highest BCUT2D eigenvalue weighted by molar-refractivity contribution is 5.95. The molecule has 2 heterocycles. The van der Waals surface area contributed by atoms with Crippen molar-refractivity contribution in [2.24, 2.45) is 0 Å². The number of carboxylic acid groups (broad SMARTS) is 1. The van der Waals surface area contributed by atoms with E-state index in [1.165, 1.54) is 5.56 Å². The van der Waals surface area contributed by atoms with Gasteiger partial charge in [-0.2, -0.15) is 4.98 Å². The van der Waals surface area contributed by atoms with Gasteiger partial charge in [0, 0.05) is 18.5 Å². The summed E-state index contributed by atoms with van der Waals surface area (Å²) in [6, 6.07) is 23.7. The fraction of sp³-hybridized carbons (Fsp3) is 0.179. The maximum absolute atomic E-state index is 11.8. The Hall–Kier alpha value is -4.03. The first kappa shape index (κ1) is 21.8. The summed E-state index contributed by atoms with van der Waals surface area (Å²) < 4.78 is 5.45. The summed E-state index contributed by atoms with van der Waals surface area (Å²) in [4.78, 5) is 16.3. The Kier molecular flexibility index (Phi) is 6.31. The number of nitrogens with one attached hydrogen (secondary N) is 1. The highest BCUT2D eigenvalue weighted by Gasteiger charge is 2.16. The molecule has 2 N–H and O–H groups in total. The highest BCUT2D eigenvalue weighted by atomic mass is 16.5. The van der Waals surface area contributed by atoms with E-state index in [0.717, 1.165) is 53.8 Å². The third-order valence-electron chi connectivity index (χ3n) is 6.07. The van der Waals surface area contributed by atoms with Gasteiger partial charge in [-0.1, -0.05) is 71.9 Å². The number of carboxylic acids is 1. The minimum Gasteiger partial charge on any atom is -0.478 e. The predicted octanol–water partition coefficient (Wildman–Crippen LogP) is 5.26. The van der Waals surface area contributed by atoms with Crippen LogP contribution in [-0.4, -0.2) is 34.3 Å².